The lowest BCUT2D eigenvalue weighted by Gasteiger charge is -2.28. The predicted molar refractivity (Wildman–Crippen MR) is 87.6 cm³/mol. The summed E-state index contributed by atoms with van der Waals surface area (Å²) in [5.74, 6) is -0.00856. The van der Waals surface area contributed by atoms with Gasteiger partial charge in [0.25, 0.3) is 0 Å². The van der Waals surface area contributed by atoms with Crippen molar-refractivity contribution in [3.05, 3.63) is 35.4 Å². The first-order chi connectivity index (χ1) is 10.8. The number of nitrogens with zero attached hydrogens (tertiary/aromatic N) is 1. The minimum absolute atomic E-state index is 0.00856. The van der Waals surface area contributed by atoms with E-state index in [4.69, 9.17) is 4.74 Å². The topological polar surface area (TPSA) is 29.5 Å². The average molecular weight is 301 g/mol. The van der Waals surface area contributed by atoms with Crippen LogP contribution < -0.4 is 0 Å². The molecule has 0 radical (unpaired) electrons. The second-order valence-electron chi connectivity index (χ2n) is 6.65. The number of benzene rings is 1. The van der Waals surface area contributed by atoms with Gasteiger partial charge >= 0.3 is 5.97 Å². The third-order valence-electron chi connectivity index (χ3n) is 4.94. The van der Waals surface area contributed by atoms with Crippen LogP contribution in [-0.4, -0.2) is 30.1 Å². The zero-order valence-corrected chi connectivity index (χ0v) is 13.4. The van der Waals surface area contributed by atoms with Crippen molar-refractivity contribution >= 4 is 5.97 Å². The number of carbonyl (C=O) groups is 1. The molecule has 0 spiro atoms. The molecule has 1 aromatic carbocycles. The first-order valence-corrected chi connectivity index (χ1v) is 8.80. The molecular weight excluding hydrogens is 274 g/mol. The van der Waals surface area contributed by atoms with Crippen molar-refractivity contribution in [1.29, 1.82) is 0 Å². The van der Waals surface area contributed by atoms with Crippen molar-refractivity contribution in [2.45, 2.75) is 64.0 Å². The monoisotopic (exact) mass is 301 g/mol. The Morgan fingerprint density at radius 3 is 2.59 bits per heavy atom. The second-order valence-corrected chi connectivity index (χ2v) is 6.65. The van der Waals surface area contributed by atoms with Gasteiger partial charge in [0.15, 0.2) is 0 Å². The van der Waals surface area contributed by atoms with E-state index in [0.717, 1.165) is 38.9 Å². The summed E-state index contributed by atoms with van der Waals surface area (Å²) in [5.41, 5.74) is 2.87. The van der Waals surface area contributed by atoms with Gasteiger partial charge in [-0.05, 0) is 43.2 Å². The number of ether oxygens (including phenoxy) is 1. The van der Waals surface area contributed by atoms with Crippen LogP contribution >= 0.6 is 0 Å². The Morgan fingerprint density at radius 2 is 1.82 bits per heavy atom. The Bertz CT molecular complexity index is 492. The van der Waals surface area contributed by atoms with E-state index in [2.05, 4.69) is 29.2 Å². The van der Waals surface area contributed by atoms with Crippen LogP contribution in [0.1, 0.15) is 56.1 Å². The van der Waals surface area contributed by atoms with Gasteiger partial charge in [-0.3, -0.25) is 9.69 Å². The molecule has 0 aromatic heterocycles. The van der Waals surface area contributed by atoms with Crippen LogP contribution in [0.5, 0.6) is 0 Å². The molecule has 1 aliphatic carbocycles. The van der Waals surface area contributed by atoms with Gasteiger partial charge in [0.2, 0.25) is 0 Å². The lowest BCUT2D eigenvalue weighted by molar-refractivity contribution is -0.150. The molecule has 3 rings (SSSR count). The van der Waals surface area contributed by atoms with Crippen LogP contribution in [0, 0.1) is 0 Å². The minimum Gasteiger partial charge on any atom is -0.462 e. The number of carbonyl (C=O) groups excluding carboxylic acids is 1. The summed E-state index contributed by atoms with van der Waals surface area (Å²) in [6, 6.07) is 8.62. The predicted octanol–water partition coefficient (Wildman–Crippen LogP) is 3.70. The Balaban J connectivity index is 1.42. The average Bonchev–Trinajstić information content (AvgIpc) is 2.81. The summed E-state index contributed by atoms with van der Waals surface area (Å²) in [6.45, 7) is 2.83. The molecule has 1 heterocycles. The van der Waals surface area contributed by atoms with Crippen LogP contribution in [0.4, 0.5) is 0 Å². The Kier molecular flexibility index (Phi) is 5.49. The van der Waals surface area contributed by atoms with Crippen molar-refractivity contribution in [1.82, 2.24) is 4.90 Å². The molecule has 2 aliphatic rings. The first kappa shape index (κ1) is 15.5. The maximum atomic E-state index is 12.1. The van der Waals surface area contributed by atoms with E-state index in [0.29, 0.717) is 6.42 Å². The van der Waals surface area contributed by atoms with Crippen LogP contribution in [0.15, 0.2) is 24.3 Å². The van der Waals surface area contributed by atoms with Gasteiger partial charge in [-0.25, -0.2) is 0 Å². The normalized spacial score (nSPS) is 20.2. The molecule has 0 atom stereocenters. The molecule has 1 saturated carbocycles. The van der Waals surface area contributed by atoms with E-state index in [9.17, 15) is 4.79 Å². The van der Waals surface area contributed by atoms with E-state index in [1.54, 1.807) is 0 Å². The molecule has 0 amide bonds. The van der Waals surface area contributed by atoms with Crippen LogP contribution in [0.25, 0.3) is 0 Å². The van der Waals surface area contributed by atoms with Crippen molar-refractivity contribution in [3.63, 3.8) is 0 Å². The van der Waals surface area contributed by atoms with Crippen molar-refractivity contribution < 1.29 is 9.53 Å². The largest absolute Gasteiger partial charge is 0.462 e. The molecular formula is C19H27NO2. The van der Waals surface area contributed by atoms with E-state index < -0.39 is 0 Å². The zero-order chi connectivity index (χ0) is 15.2. The Labute approximate surface area is 133 Å². The molecule has 22 heavy (non-hydrogen) atoms. The number of esters is 1. The molecule has 3 heteroatoms. The van der Waals surface area contributed by atoms with Gasteiger partial charge in [-0.2, -0.15) is 0 Å². The molecule has 1 aromatic rings. The van der Waals surface area contributed by atoms with Gasteiger partial charge in [0.1, 0.15) is 6.10 Å². The maximum absolute atomic E-state index is 12.1. The quantitative estimate of drug-likeness (QED) is 0.627. The zero-order valence-electron chi connectivity index (χ0n) is 13.4. The SMILES string of the molecule is O=C(CCN1CCc2ccccc2C1)OC1CCCCCC1. The minimum atomic E-state index is -0.00856. The van der Waals surface area contributed by atoms with Crippen LogP contribution in [-0.2, 0) is 22.5 Å². The van der Waals surface area contributed by atoms with Crippen molar-refractivity contribution in [2.24, 2.45) is 0 Å². The fourth-order valence-electron chi connectivity index (χ4n) is 3.60. The highest BCUT2D eigenvalue weighted by Crippen LogP contribution is 2.21. The third kappa shape index (κ3) is 4.33. The summed E-state index contributed by atoms with van der Waals surface area (Å²) in [5, 5.41) is 0. The first-order valence-electron chi connectivity index (χ1n) is 8.80. The number of hydrogen-bond donors (Lipinski definition) is 0. The van der Waals surface area contributed by atoms with E-state index >= 15 is 0 Å². The van der Waals surface area contributed by atoms with Crippen molar-refractivity contribution in [2.75, 3.05) is 13.1 Å². The van der Waals surface area contributed by atoms with E-state index in [1.807, 2.05) is 0 Å². The second kappa shape index (κ2) is 7.77. The van der Waals surface area contributed by atoms with E-state index in [1.165, 1.54) is 36.8 Å². The summed E-state index contributed by atoms with van der Waals surface area (Å²) < 4.78 is 5.67. The molecule has 0 saturated heterocycles. The van der Waals surface area contributed by atoms with Gasteiger partial charge in [0.05, 0.1) is 6.42 Å². The van der Waals surface area contributed by atoms with Crippen LogP contribution in [0.3, 0.4) is 0 Å². The third-order valence-corrected chi connectivity index (χ3v) is 4.94. The lowest BCUT2D eigenvalue weighted by atomic mass is 10.00. The van der Waals surface area contributed by atoms with Gasteiger partial charge < -0.3 is 4.74 Å². The smallest absolute Gasteiger partial charge is 0.307 e. The van der Waals surface area contributed by atoms with Gasteiger partial charge in [0, 0.05) is 19.6 Å². The number of rotatable bonds is 4. The molecule has 3 nitrogen and oxygen atoms in total. The highest BCUT2D eigenvalue weighted by atomic mass is 16.5. The van der Waals surface area contributed by atoms with Gasteiger partial charge in [-0.15, -0.1) is 0 Å². The summed E-state index contributed by atoms with van der Waals surface area (Å²) in [4.78, 5) is 14.4. The highest BCUT2D eigenvalue weighted by molar-refractivity contribution is 5.69. The number of hydrogen-bond acceptors (Lipinski definition) is 3. The molecule has 120 valence electrons. The Hall–Kier alpha value is -1.35. The molecule has 1 fully saturated rings. The molecule has 0 unspecified atom stereocenters. The fourth-order valence-corrected chi connectivity index (χ4v) is 3.60. The van der Waals surface area contributed by atoms with Gasteiger partial charge in [-0.1, -0.05) is 37.1 Å². The summed E-state index contributed by atoms with van der Waals surface area (Å²) in [6.07, 6.45) is 8.92. The molecule has 0 bridgehead atoms. The molecule has 1 aliphatic heterocycles. The Morgan fingerprint density at radius 1 is 1.09 bits per heavy atom. The molecule has 0 N–H and O–H groups in total. The standard InChI is InChI=1S/C19H27NO2/c21-19(22-18-9-3-1-2-4-10-18)12-14-20-13-11-16-7-5-6-8-17(16)15-20/h5-8,18H,1-4,9-15H2. The highest BCUT2D eigenvalue weighted by Gasteiger charge is 2.19. The number of fused-ring (bicyclic) bond motifs is 1. The lowest BCUT2D eigenvalue weighted by Crippen LogP contribution is -2.33. The maximum Gasteiger partial charge on any atom is 0.307 e. The van der Waals surface area contributed by atoms with E-state index in [-0.39, 0.29) is 12.1 Å². The van der Waals surface area contributed by atoms with Crippen molar-refractivity contribution in [3.8, 4) is 0 Å². The summed E-state index contributed by atoms with van der Waals surface area (Å²) in [7, 11) is 0. The summed E-state index contributed by atoms with van der Waals surface area (Å²) >= 11 is 0. The fraction of sp³-hybridized carbons (Fsp3) is 0.632. The van der Waals surface area contributed by atoms with Crippen LogP contribution in [0.2, 0.25) is 0 Å².